The van der Waals surface area contributed by atoms with Gasteiger partial charge in [0, 0.05) is 10.4 Å². The number of hydrogen-bond acceptors (Lipinski definition) is 3. The van der Waals surface area contributed by atoms with Gasteiger partial charge >= 0.3 is 0 Å². The van der Waals surface area contributed by atoms with E-state index in [1.54, 1.807) is 11.1 Å². The highest BCUT2D eigenvalue weighted by Gasteiger charge is 2.63. The van der Waals surface area contributed by atoms with Gasteiger partial charge in [0.2, 0.25) is 0 Å². The van der Waals surface area contributed by atoms with Crippen molar-refractivity contribution in [3.05, 3.63) is 34.4 Å². The molecule has 10 atom stereocenters. The molecule has 4 heteroatoms. The summed E-state index contributed by atoms with van der Waals surface area (Å²) in [4.78, 5) is 0. The first kappa shape index (κ1) is 23.3. The maximum Gasteiger partial charge on any atom is 0.0702 e. The van der Waals surface area contributed by atoms with Crippen molar-refractivity contribution >= 4 is 15.9 Å². The maximum absolute atomic E-state index is 10.8. The van der Waals surface area contributed by atoms with Crippen LogP contribution in [0.15, 0.2) is 12.1 Å². The summed E-state index contributed by atoms with van der Waals surface area (Å²) in [5.74, 6) is 2.67. The molecule has 1 heterocycles. The Morgan fingerprint density at radius 1 is 1.19 bits per heavy atom. The molecule has 2 unspecified atom stereocenters. The second kappa shape index (κ2) is 8.07. The van der Waals surface area contributed by atoms with Crippen molar-refractivity contribution in [2.24, 2.45) is 23.2 Å². The van der Waals surface area contributed by atoms with Gasteiger partial charge in [-0.15, -0.1) is 0 Å². The molecule has 0 aromatic heterocycles. The molecule has 2 saturated carbocycles. The summed E-state index contributed by atoms with van der Waals surface area (Å²) < 4.78 is 0.0394. The molecule has 0 radical (unpaired) electrons. The van der Waals surface area contributed by atoms with Gasteiger partial charge in [0.05, 0.1) is 12.2 Å². The number of benzene rings is 1. The fraction of sp³-hybridized carbons (Fsp3) is 0.786. The Balaban J connectivity index is 1.47. The number of aliphatic hydroxyl groups excluding tert-OH is 2. The van der Waals surface area contributed by atoms with Crippen LogP contribution in [0.2, 0.25) is 0 Å². The summed E-state index contributed by atoms with van der Waals surface area (Å²) in [7, 11) is 0. The van der Waals surface area contributed by atoms with Crippen LogP contribution in [0, 0.1) is 30.1 Å². The van der Waals surface area contributed by atoms with Crippen LogP contribution in [0.1, 0.15) is 93.9 Å². The molecule has 3 fully saturated rings. The predicted molar refractivity (Wildman–Crippen MR) is 135 cm³/mol. The van der Waals surface area contributed by atoms with Gasteiger partial charge in [-0.3, -0.25) is 0 Å². The maximum atomic E-state index is 10.8. The minimum atomic E-state index is -0.272. The van der Waals surface area contributed by atoms with Crippen molar-refractivity contribution in [1.29, 1.82) is 0 Å². The number of aliphatic hydroxyl groups is 2. The van der Waals surface area contributed by atoms with Crippen molar-refractivity contribution in [1.82, 2.24) is 5.32 Å². The van der Waals surface area contributed by atoms with Crippen LogP contribution < -0.4 is 5.32 Å². The molecular formula is C28H42BrNO2. The number of fused-ring (bicyclic) bond motifs is 5. The third-order valence-corrected chi connectivity index (χ3v) is 12.5. The van der Waals surface area contributed by atoms with E-state index >= 15 is 0 Å². The third-order valence-electron chi connectivity index (χ3n) is 10.5. The molecule has 178 valence electrons. The van der Waals surface area contributed by atoms with E-state index in [1.807, 2.05) is 0 Å². The first-order valence-electron chi connectivity index (χ1n) is 13.0. The SMILES string of the molecule is Cc1c([C@H](C)[C@@H]2NC[C@@H](C)C[C@H]2O)ccc2c1C[C@H]1[C@H]2CC(C)C2(Br)C[C@@H](O)CC[C@]12C. The number of piperidine rings is 1. The topological polar surface area (TPSA) is 52.5 Å². The Morgan fingerprint density at radius 3 is 2.66 bits per heavy atom. The fourth-order valence-electron chi connectivity index (χ4n) is 8.44. The first-order chi connectivity index (χ1) is 15.1. The number of halogens is 1. The van der Waals surface area contributed by atoms with Crippen LogP contribution >= 0.6 is 15.9 Å². The zero-order valence-electron chi connectivity index (χ0n) is 20.5. The Bertz CT molecular complexity index is 888. The van der Waals surface area contributed by atoms with Gasteiger partial charge in [0.25, 0.3) is 0 Å². The number of nitrogens with one attached hydrogen (secondary N) is 1. The van der Waals surface area contributed by atoms with Crippen LogP contribution in [0.4, 0.5) is 0 Å². The van der Waals surface area contributed by atoms with Gasteiger partial charge in [-0.05, 0) is 109 Å². The standard InChI is InChI=1S/C28H42BrNO2/c1-15-10-25(32)26(30-14-15)18(4)20-6-7-21-22(17(20)3)12-24-23(21)11-16(2)28(29)13-19(31)8-9-27(24,28)5/h6-7,15-16,18-19,23-26,30-32H,8-14H2,1-5H3/t15-,16?,18-,19-,23-,24-,25+,26-,27+,28?/m0/s1. The number of alkyl halides is 1. The highest BCUT2D eigenvalue weighted by Crippen LogP contribution is 2.68. The molecule has 1 aromatic rings. The summed E-state index contributed by atoms with van der Waals surface area (Å²) in [5.41, 5.74) is 6.26. The van der Waals surface area contributed by atoms with Crippen molar-refractivity contribution in [3.63, 3.8) is 0 Å². The average molecular weight is 505 g/mol. The van der Waals surface area contributed by atoms with Crippen LogP contribution in [0.5, 0.6) is 0 Å². The molecule has 0 bridgehead atoms. The molecule has 3 nitrogen and oxygen atoms in total. The summed E-state index contributed by atoms with van der Waals surface area (Å²) in [6.07, 6.45) is 5.75. The Hall–Kier alpha value is -0.420. The monoisotopic (exact) mass is 503 g/mol. The molecule has 4 aliphatic rings. The summed E-state index contributed by atoms with van der Waals surface area (Å²) in [6.45, 7) is 12.8. The van der Waals surface area contributed by atoms with Gasteiger partial charge in [-0.25, -0.2) is 0 Å². The Labute approximate surface area is 202 Å². The number of rotatable bonds is 2. The summed E-state index contributed by atoms with van der Waals surface area (Å²) in [6, 6.07) is 4.95. The minimum Gasteiger partial charge on any atom is -0.393 e. The summed E-state index contributed by atoms with van der Waals surface area (Å²) >= 11 is 4.24. The predicted octanol–water partition coefficient (Wildman–Crippen LogP) is 5.44. The zero-order chi connectivity index (χ0) is 23.0. The van der Waals surface area contributed by atoms with Crippen molar-refractivity contribution in [3.8, 4) is 0 Å². The molecular weight excluding hydrogens is 462 g/mol. The first-order valence-corrected chi connectivity index (χ1v) is 13.8. The quantitative estimate of drug-likeness (QED) is 0.471. The molecule has 32 heavy (non-hydrogen) atoms. The lowest BCUT2D eigenvalue weighted by molar-refractivity contribution is -0.0509. The van der Waals surface area contributed by atoms with Crippen LogP contribution in [0.3, 0.4) is 0 Å². The molecule has 3 N–H and O–H groups in total. The van der Waals surface area contributed by atoms with E-state index in [0.29, 0.717) is 29.6 Å². The summed E-state index contributed by atoms with van der Waals surface area (Å²) in [5, 5.41) is 24.9. The van der Waals surface area contributed by atoms with E-state index in [1.165, 1.54) is 17.5 Å². The third kappa shape index (κ3) is 3.30. The molecule has 3 aliphatic carbocycles. The van der Waals surface area contributed by atoms with E-state index in [2.05, 4.69) is 68.0 Å². The minimum absolute atomic E-state index is 0.0394. The molecule has 0 spiro atoms. The van der Waals surface area contributed by atoms with Crippen molar-refractivity contribution < 1.29 is 10.2 Å². The van der Waals surface area contributed by atoms with Gasteiger partial charge in [0.1, 0.15) is 0 Å². The highest BCUT2D eigenvalue weighted by molar-refractivity contribution is 9.10. The van der Waals surface area contributed by atoms with E-state index in [0.717, 1.165) is 38.6 Å². The lowest BCUT2D eigenvalue weighted by atomic mass is 9.49. The van der Waals surface area contributed by atoms with Gasteiger partial charge in [-0.2, -0.15) is 0 Å². The molecule has 1 aromatic carbocycles. The lowest BCUT2D eigenvalue weighted by Crippen LogP contribution is -2.59. The van der Waals surface area contributed by atoms with Crippen LogP contribution in [-0.2, 0) is 6.42 Å². The molecule has 5 rings (SSSR count). The van der Waals surface area contributed by atoms with Gasteiger partial charge in [0.15, 0.2) is 0 Å². The van der Waals surface area contributed by atoms with E-state index < -0.39 is 0 Å². The second-order valence-electron chi connectivity index (χ2n) is 12.2. The largest absolute Gasteiger partial charge is 0.393 e. The van der Waals surface area contributed by atoms with E-state index in [-0.39, 0.29) is 28.0 Å². The zero-order valence-corrected chi connectivity index (χ0v) is 22.1. The van der Waals surface area contributed by atoms with E-state index in [4.69, 9.17) is 0 Å². The van der Waals surface area contributed by atoms with Gasteiger partial charge < -0.3 is 15.5 Å². The lowest BCUT2D eigenvalue weighted by Gasteiger charge is -2.61. The average Bonchev–Trinajstić information content (AvgIpc) is 3.10. The van der Waals surface area contributed by atoms with Gasteiger partial charge in [-0.1, -0.05) is 55.8 Å². The Morgan fingerprint density at radius 2 is 1.94 bits per heavy atom. The van der Waals surface area contributed by atoms with Crippen molar-refractivity contribution in [2.45, 2.75) is 108 Å². The van der Waals surface area contributed by atoms with Crippen LogP contribution in [-0.4, -0.2) is 39.3 Å². The molecule has 1 saturated heterocycles. The fourth-order valence-corrected chi connectivity index (χ4v) is 9.50. The highest BCUT2D eigenvalue weighted by atomic mass is 79.9. The second-order valence-corrected chi connectivity index (χ2v) is 13.6. The molecule has 0 amide bonds. The van der Waals surface area contributed by atoms with Crippen LogP contribution in [0.25, 0.3) is 0 Å². The van der Waals surface area contributed by atoms with E-state index in [9.17, 15) is 10.2 Å². The Kier molecular flexibility index (Phi) is 5.88. The van der Waals surface area contributed by atoms with Crippen molar-refractivity contribution in [2.75, 3.05) is 6.54 Å². The number of hydrogen-bond donors (Lipinski definition) is 3. The molecule has 1 aliphatic heterocycles. The smallest absolute Gasteiger partial charge is 0.0702 e. The normalized spacial score (nSPS) is 46.8.